The number of aliphatic hydroxyl groups is 1. The van der Waals surface area contributed by atoms with Crippen LogP contribution < -0.4 is 4.74 Å². The molecule has 1 aromatic carbocycles. The molecule has 2 aliphatic heterocycles. The number of likely N-dealkylation sites (tertiary alicyclic amines) is 2. The summed E-state index contributed by atoms with van der Waals surface area (Å²) in [6, 6.07) is 7.83. The predicted molar refractivity (Wildman–Crippen MR) is 102 cm³/mol. The van der Waals surface area contributed by atoms with Gasteiger partial charge in [-0.25, -0.2) is 0 Å². The maximum absolute atomic E-state index is 12.6. The smallest absolute Gasteiger partial charge is 0.222 e. The third-order valence-corrected chi connectivity index (χ3v) is 6.38. The Kier molecular flexibility index (Phi) is 6.05. The number of aliphatic hydroxyl groups excluding tert-OH is 1. The summed E-state index contributed by atoms with van der Waals surface area (Å²) in [5, 5.41) is 9.78. The highest BCUT2D eigenvalue weighted by Gasteiger charge is 2.48. The van der Waals surface area contributed by atoms with Crippen molar-refractivity contribution < 1.29 is 19.4 Å². The zero-order valence-electron chi connectivity index (χ0n) is 16.3. The van der Waals surface area contributed by atoms with Gasteiger partial charge in [-0.05, 0) is 42.4 Å². The summed E-state index contributed by atoms with van der Waals surface area (Å²) in [4.78, 5) is 28.1. The van der Waals surface area contributed by atoms with Crippen LogP contribution in [0.4, 0.5) is 0 Å². The second-order valence-electron chi connectivity index (χ2n) is 7.87. The number of rotatable bonds is 5. The molecule has 2 aliphatic rings. The molecule has 2 fully saturated rings. The molecular weight excluding hydrogens is 344 g/mol. The summed E-state index contributed by atoms with van der Waals surface area (Å²) in [5.41, 5.74) is 1.10. The van der Waals surface area contributed by atoms with Crippen molar-refractivity contribution >= 4 is 11.8 Å². The van der Waals surface area contributed by atoms with E-state index < -0.39 is 0 Å². The van der Waals surface area contributed by atoms with Crippen LogP contribution in [0.3, 0.4) is 0 Å². The number of benzene rings is 1. The Morgan fingerprint density at radius 3 is 2.41 bits per heavy atom. The topological polar surface area (TPSA) is 70.1 Å². The van der Waals surface area contributed by atoms with Crippen molar-refractivity contribution in [3.05, 3.63) is 29.8 Å². The molecule has 0 radical (unpaired) electrons. The van der Waals surface area contributed by atoms with Gasteiger partial charge in [0.05, 0.1) is 7.11 Å². The van der Waals surface area contributed by atoms with Crippen LogP contribution in [0.5, 0.6) is 5.75 Å². The number of hydrogen-bond donors (Lipinski definition) is 1. The lowest BCUT2D eigenvalue weighted by Gasteiger charge is -2.42. The average molecular weight is 374 g/mol. The SMILES string of the molecule is COc1ccc(CCC(=O)N2CCC3(CC2)CN(C(C)=O)CC3CO)cc1. The predicted octanol–water partition coefficient (Wildman–Crippen LogP) is 1.71. The summed E-state index contributed by atoms with van der Waals surface area (Å²) in [5.74, 6) is 1.20. The summed E-state index contributed by atoms with van der Waals surface area (Å²) < 4.78 is 5.16. The first-order chi connectivity index (χ1) is 13.0. The minimum Gasteiger partial charge on any atom is -0.497 e. The van der Waals surface area contributed by atoms with Crippen LogP contribution in [0.1, 0.15) is 31.7 Å². The Morgan fingerprint density at radius 1 is 1.19 bits per heavy atom. The van der Waals surface area contributed by atoms with Gasteiger partial charge >= 0.3 is 0 Å². The Labute approximate surface area is 161 Å². The highest BCUT2D eigenvalue weighted by atomic mass is 16.5. The molecule has 6 nitrogen and oxygen atoms in total. The molecule has 1 atom stereocenters. The van der Waals surface area contributed by atoms with E-state index in [1.165, 1.54) is 0 Å². The lowest BCUT2D eigenvalue weighted by Crippen LogP contribution is -2.47. The minimum absolute atomic E-state index is 0.0345. The third kappa shape index (κ3) is 4.26. The normalized spacial score (nSPS) is 21.5. The van der Waals surface area contributed by atoms with E-state index in [4.69, 9.17) is 4.74 Å². The van der Waals surface area contributed by atoms with Crippen LogP contribution in [0.2, 0.25) is 0 Å². The van der Waals surface area contributed by atoms with E-state index in [0.717, 1.165) is 30.6 Å². The van der Waals surface area contributed by atoms with Gasteiger partial charge in [0, 0.05) is 52.0 Å². The van der Waals surface area contributed by atoms with Crippen molar-refractivity contribution in [3.8, 4) is 5.75 Å². The van der Waals surface area contributed by atoms with Crippen molar-refractivity contribution in [1.82, 2.24) is 9.80 Å². The molecule has 148 valence electrons. The van der Waals surface area contributed by atoms with Gasteiger partial charge in [-0.2, -0.15) is 0 Å². The van der Waals surface area contributed by atoms with Crippen molar-refractivity contribution in [1.29, 1.82) is 0 Å². The van der Waals surface area contributed by atoms with Gasteiger partial charge in [-0.1, -0.05) is 12.1 Å². The van der Waals surface area contributed by atoms with Gasteiger partial charge in [-0.15, -0.1) is 0 Å². The third-order valence-electron chi connectivity index (χ3n) is 6.38. The number of ether oxygens (including phenoxy) is 1. The monoisotopic (exact) mass is 374 g/mol. The summed E-state index contributed by atoms with van der Waals surface area (Å²) in [6.45, 7) is 4.46. The molecule has 0 bridgehead atoms. The second-order valence-corrected chi connectivity index (χ2v) is 7.87. The maximum atomic E-state index is 12.6. The van der Waals surface area contributed by atoms with E-state index in [1.54, 1.807) is 14.0 Å². The number of carbonyl (C=O) groups is 2. The molecule has 1 spiro atoms. The molecule has 6 heteroatoms. The molecule has 2 saturated heterocycles. The van der Waals surface area contributed by atoms with E-state index in [2.05, 4.69) is 0 Å². The van der Waals surface area contributed by atoms with Crippen molar-refractivity contribution in [2.75, 3.05) is 39.9 Å². The number of aryl methyl sites for hydroxylation is 1. The maximum Gasteiger partial charge on any atom is 0.222 e. The first-order valence-electron chi connectivity index (χ1n) is 9.74. The Bertz CT molecular complexity index is 665. The first kappa shape index (κ1) is 19.7. The number of nitrogens with zero attached hydrogens (tertiary/aromatic N) is 2. The quantitative estimate of drug-likeness (QED) is 0.852. The zero-order valence-corrected chi connectivity index (χ0v) is 16.3. The molecule has 0 aliphatic carbocycles. The molecular formula is C21H30N2O4. The van der Waals surface area contributed by atoms with E-state index in [1.807, 2.05) is 34.1 Å². The summed E-state index contributed by atoms with van der Waals surface area (Å²) >= 11 is 0. The first-order valence-corrected chi connectivity index (χ1v) is 9.74. The molecule has 2 heterocycles. The highest BCUT2D eigenvalue weighted by Crippen LogP contribution is 2.44. The van der Waals surface area contributed by atoms with Crippen LogP contribution in [-0.4, -0.2) is 66.6 Å². The number of piperidine rings is 1. The number of hydrogen-bond acceptors (Lipinski definition) is 4. The largest absolute Gasteiger partial charge is 0.497 e. The lowest BCUT2D eigenvalue weighted by molar-refractivity contribution is -0.134. The summed E-state index contributed by atoms with van der Waals surface area (Å²) in [6.07, 6.45) is 2.94. The number of amides is 2. The van der Waals surface area contributed by atoms with Crippen LogP contribution in [0.25, 0.3) is 0 Å². The highest BCUT2D eigenvalue weighted by molar-refractivity contribution is 5.76. The van der Waals surface area contributed by atoms with Crippen molar-refractivity contribution in [2.24, 2.45) is 11.3 Å². The lowest BCUT2D eigenvalue weighted by atomic mass is 9.71. The van der Waals surface area contributed by atoms with Gasteiger partial charge in [0.2, 0.25) is 11.8 Å². The molecule has 1 unspecified atom stereocenters. The number of carbonyl (C=O) groups excluding carboxylic acids is 2. The van der Waals surface area contributed by atoms with E-state index in [9.17, 15) is 14.7 Å². The van der Waals surface area contributed by atoms with E-state index in [-0.39, 0.29) is 29.8 Å². The van der Waals surface area contributed by atoms with Crippen molar-refractivity contribution in [3.63, 3.8) is 0 Å². The fourth-order valence-electron chi connectivity index (χ4n) is 4.49. The molecule has 1 aromatic rings. The van der Waals surface area contributed by atoms with Gasteiger partial charge in [-0.3, -0.25) is 9.59 Å². The number of methoxy groups -OCH3 is 1. The van der Waals surface area contributed by atoms with Gasteiger partial charge in [0.1, 0.15) is 5.75 Å². The minimum atomic E-state index is -0.0345. The fourth-order valence-corrected chi connectivity index (χ4v) is 4.49. The van der Waals surface area contributed by atoms with E-state index in [0.29, 0.717) is 32.6 Å². The van der Waals surface area contributed by atoms with Gasteiger partial charge in [0.15, 0.2) is 0 Å². The Balaban J connectivity index is 1.52. The van der Waals surface area contributed by atoms with Gasteiger partial charge in [0.25, 0.3) is 0 Å². The molecule has 27 heavy (non-hydrogen) atoms. The Morgan fingerprint density at radius 2 is 1.85 bits per heavy atom. The second kappa shape index (κ2) is 8.30. The summed E-state index contributed by atoms with van der Waals surface area (Å²) in [7, 11) is 1.64. The van der Waals surface area contributed by atoms with E-state index >= 15 is 0 Å². The van der Waals surface area contributed by atoms with Gasteiger partial charge < -0.3 is 19.6 Å². The molecule has 2 amide bonds. The zero-order chi connectivity index (χ0) is 19.4. The Hall–Kier alpha value is -2.08. The van der Waals surface area contributed by atoms with Crippen molar-refractivity contribution in [2.45, 2.75) is 32.6 Å². The van der Waals surface area contributed by atoms with Crippen LogP contribution in [0, 0.1) is 11.3 Å². The van der Waals surface area contributed by atoms with Crippen LogP contribution in [0.15, 0.2) is 24.3 Å². The molecule has 3 rings (SSSR count). The molecule has 1 N–H and O–H groups in total. The standard InChI is InChI=1S/C21H30N2O4/c1-16(25)23-13-18(14-24)21(15-23)9-11-22(12-10-21)20(26)8-5-17-3-6-19(27-2)7-4-17/h3-4,6-7,18,24H,5,8-15H2,1-2H3. The van der Waals surface area contributed by atoms with Crippen LogP contribution >= 0.6 is 0 Å². The van der Waals surface area contributed by atoms with Crippen LogP contribution in [-0.2, 0) is 16.0 Å². The fraction of sp³-hybridized carbons (Fsp3) is 0.619. The average Bonchev–Trinajstić information content (AvgIpc) is 3.05. The molecule has 0 saturated carbocycles. The molecule has 0 aromatic heterocycles.